The summed E-state index contributed by atoms with van der Waals surface area (Å²) in [5.41, 5.74) is 2.07. The molecule has 1 aromatic rings. The number of carbonyl (C=O) groups excluding carboxylic acids is 2. The number of nitrogens with zero attached hydrogens (tertiary/aromatic N) is 2. The Bertz CT molecular complexity index is 661. The van der Waals surface area contributed by atoms with Gasteiger partial charge < -0.3 is 15.5 Å². The van der Waals surface area contributed by atoms with Crippen LogP contribution in [0.25, 0.3) is 0 Å². The van der Waals surface area contributed by atoms with Gasteiger partial charge in [-0.3, -0.25) is 9.59 Å². The maximum absolute atomic E-state index is 12.6. The zero-order valence-electron chi connectivity index (χ0n) is 13.1. The Hall–Kier alpha value is -2.81. The number of hydrogen-bond donors (Lipinski definition) is 2. The first kappa shape index (κ1) is 16.6. The van der Waals surface area contributed by atoms with Crippen molar-refractivity contribution in [2.24, 2.45) is 0 Å². The van der Waals surface area contributed by atoms with E-state index in [-0.39, 0.29) is 17.4 Å². The standard InChI is InChI=1S/C17H20N4O2/c1-13(22)20-9-8-19-12-15(11-18)17(23)21-10-4-6-14-5-2-3-7-16(14)21/h2-3,5,7,12,19H,4,6,8-10H2,1H3,(H,20,22)/b15-12-. The summed E-state index contributed by atoms with van der Waals surface area (Å²) in [4.78, 5) is 25.0. The van der Waals surface area contributed by atoms with Gasteiger partial charge in [0.05, 0.1) is 0 Å². The lowest BCUT2D eigenvalue weighted by atomic mass is 10.0. The Morgan fingerprint density at radius 3 is 2.87 bits per heavy atom. The molecular weight excluding hydrogens is 292 g/mol. The van der Waals surface area contributed by atoms with Crippen LogP contribution in [0, 0.1) is 11.3 Å². The van der Waals surface area contributed by atoms with Gasteiger partial charge in [-0.2, -0.15) is 5.26 Å². The highest BCUT2D eigenvalue weighted by molar-refractivity contribution is 6.08. The Labute approximate surface area is 135 Å². The van der Waals surface area contributed by atoms with Crippen LogP contribution in [-0.4, -0.2) is 31.4 Å². The maximum atomic E-state index is 12.6. The Morgan fingerprint density at radius 1 is 1.35 bits per heavy atom. The van der Waals surface area contributed by atoms with E-state index >= 15 is 0 Å². The SMILES string of the molecule is CC(=O)NCCN/C=C(/C#N)C(=O)N1CCCc2ccccc21. The highest BCUT2D eigenvalue weighted by Gasteiger charge is 2.24. The van der Waals surface area contributed by atoms with Gasteiger partial charge in [-0.25, -0.2) is 0 Å². The molecule has 0 spiro atoms. The molecule has 0 atom stereocenters. The molecule has 1 aliphatic rings. The number of benzene rings is 1. The van der Waals surface area contributed by atoms with E-state index < -0.39 is 0 Å². The lowest BCUT2D eigenvalue weighted by Gasteiger charge is -2.29. The molecule has 0 bridgehead atoms. The molecule has 6 heteroatoms. The fraction of sp³-hybridized carbons (Fsp3) is 0.353. The lowest BCUT2D eigenvalue weighted by Crippen LogP contribution is -2.36. The van der Waals surface area contributed by atoms with Gasteiger partial charge in [-0.1, -0.05) is 18.2 Å². The van der Waals surface area contributed by atoms with Gasteiger partial charge >= 0.3 is 0 Å². The zero-order chi connectivity index (χ0) is 16.7. The van der Waals surface area contributed by atoms with Crippen LogP contribution in [-0.2, 0) is 16.0 Å². The summed E-state index contributed by atoms with van der Waals surface area (Å²) in [6.07, 6.45) is 3.25. The first-order chi connectivity index (χ1) is 11.1. The van der Waals surface area contributed by atoms with Crippen molar-refractivity contribution in [2.75, 3.05) is 24.5 Å². The highest BCUT2D eigenvalue weighted by atomic mass is 16.2. The quantitative estimate of drug-likeness (QED) is 0.484. The number of carbonyl (C=O) groups is 2. The lowest BCUT2D eigenvalue weighted by molar-refractivity contribution is -0.119. The van der Waals surface area contributed by atoms with Crippen LogP contribution in [0.15, 0.2) is 36.0 Å². The smallest absolute Gasteiger partial charge is 0.270 e. The maximum Gasteiger partial charge on any atom is 0.270 e. The summed E-state index contributed by atoms with van der Waals surface area (Å²) >= 11 is 0. The van der Waals surface area contributed by atoms with Crippen molar-refractivity contribution in [3.8, 4) is 6.07 Å². The number of nitrogens with one attached hydrogen (secondary N) is 2. The number of rotatable bonds is 5. The minimum atomic E-state index is -0.299. The van der Waals surface area contributed by atoms with Crippen LogP contribution < -0.4 is 15.5 Å². The van der Waals surface area contributed by atoms with Crippen LogP contribution >= 0.6 is 0 Å². The molecule has 0 saturated heterocycles. The van der Waals surface area contributed by atoms with E-state index in [0.29, 0.717) is 19.6 Å². The molecule has 2 rings (SSSR count). The van der Waals surface area contributed by atoms with Gasteiger partial charge in [-0.05, 0) is 24.5 Å². The molecule has 0 saturated carbocycles. The van der Waals surface area contributed by atoms with Crippen molar-refractivity contribution in [3.05, 3.63) is 41.6 Å². The number of anilines is 1. The van der Waals surface area contributed by atoms with Crippen LogP contribution in [0.1, 0.15) is 18.9 Å². The third-order valence-corrected chi connectivity index (χ3v) is 3.60. The van der Waals surface area contributed by atoms with E-state index in [2.05, 4.69) is 10.6 Å². The van der Waals surface area contributed by atoms with Crippen LogP contribution in [0.3, 0.4) is 0 Å². The molecule has 2 N–H and O–H groups in total. The molecule has 0 fully saturated rings. The highest BCUT2D eigenvalue weighted by Crippen LogP contribution is 2.27. The normalized spacial score (nSPS) is 13.7. The number of para-hydroxylation sites is 1. The van der Waals surface area contributed by atoms with E-state index in [1.165, 1.54) is 13.1 Å². The summed E-state index contributed by atoms with van der Waals surface area (Å²) in [5, 5.41) is 14.8. The van der Waals surface area contributed by atoms with Gasteiger partial charge in [0.2, 0.25) is 5.91 Å². The Balaban J connectivity index is 2.03. The minimum Gasteiger partial charge on any atom is -0.388 e. The monoisotopic (exact) mass is 312 g/mol. The Kier molecular flexibility index (Phi) is 5.75. The molecule has 1 heterocycles. The van der Waals surface area contributed by atoms with Crippen molar-refractivity contribution in [3.63, 3.8) is 0 Å². The fourth-order valence-corrected chi connectivity index (χ4v) is 2.52. The predicted octanol–water partition coefficient (Wildman–Crippen LogP) is 1.10. The average Bonchev–Trinajstić information content (AvgIpc) is 2.57. The second-order valence-electron chi connectivity index (χ2n) is 5.30. The van der Waals surface area contributed by atoms with Crippen LogP contribution in [0.5, 0.6) is 0 Å². The second-order valence-corrected chi connectivity index (χ2v) is 5.30. The topological polar surface area (TPSA) is 85.2 Å². The van der Waals surface area contributed by atoms with Crippen LogP contribution in [0.2, 0.25) is 0 Å². The molecule has 0 aliphatic carbocycles. The molecule has 0 aromatic heterocycles. The van der Waals surface area contributed by atoms with E-state index in [0.717, 1.165) is 24.1 Å². The van der Waals surface area contributed by atoms with E-state index in [9.17, 15) is 14.9 Å². The predicted molar refractivity (Wildman–Crippen MR) is 87.5 cm³/mol. The summed E-state index contributed by atoms with van der Waals surface area (Å²) in [6, 6.07) is 9.72. The molecule has 120 valence electrons. The first-order valence-corrected chi connectivity index (χ1v) is 7.61. The van der Waals surface area contributed by atoms with Gasteiger partial charge in [0.25, 0.3) is 5.91 Å². The van der Waals surface area contributed by atoms with Crippen molar-refractivity contribution >= 4 is 17.5 Å². The molecule has 2 amide bonds. The van der Waals surface area contributed by atoms with Gasteiger partial charge in [-0.15, -0.1) is 0 Å². The largest absolute Gasteiger partial charge is 0.388 e. The summed E-state index contributed by atoms with van der Waals surface area (Å²) in [6.45, 7) is 2.94. The minimum absolute atomic E-state index is 0.0597. The van der Waals surface area contributed by atoms with Crippen molar-refractivity contribution < 1.29 is 9.59 Å². The molecule has 23 heavy (non-hydrogen) atoms. The van der Waals surface area contributed by atoms with Crippen molar-refractivity contribution in [1.29, 1.82) is 5.26 Å². The van der Waals surface area contributed by atoms with Gasteiger partial charge in [0.15, 0.2) is 0 Å². The van der Waals surface area contributed by atoms with Crippen molar-refractivity contribution in [2.45, 2.75) is 19.8 Å². The molecule has 0 radical (unpaired) electrons. The Morgan fingerprint density at radius 2 is 2.13 bits per heavy atom. The molecule has 6 nitrogen and oxygen atoms in total. The summed E-state index contributed by atoms with van der Waals surface area (Å²) < 4.78 is 0. The number of aryl methyl sites for hydroxylation is 1. The summed E-state index contributed by atoms with van der Waals surface area (Å²) in [5.74, 6) is -0.413. The van der Waals surface area contributed by atoms with Crippen LogP contribution in [0.4, 0.5) is 5.69 Å². The molecule has 1 aromatic carbocycles. The van der Waals surface area contributed by atoms with Crippen molar-refractivity contribution in [1.82, 2.24) is 10.6 Å². The fourth-order valence-electron chi connectivity index (χ4n) is 2.52. The van der Waals surface area contributed by atoms with E-state index in [1.807, 2.05) is 30.3 Å². The second kappa shape index (κ2) is 7.99. The van der Waals surface area contributed by atoms with Gasteiger partial charge in [0.1, 0.15) is 11.6 Å². The number of nitriles is 1. The summed E-state index contributed by atoms with van der Waals surface area (Å²) in [7, 11) is 0. The first-order valence-electron chi connectivity index (χ1n) is 7.61. The average molecular weight is 312 g/mol. The van der Waals surface area contributed by atoms with E-state index in [1.54, 1.807) is 4.90 Å². The van der Waals surface area contributed by atoms with Gasteiger partial charge in [0, 0.05) is 38.4 Å². The van der Waals surface area contributed by atoms with E-state index in [4.69, 9.17) is 0 Å². The number of amides is 2. The third-order valence-electron chi connectivity index (χ3n) is 3.60. The zero-order valence-corrected chi connectivity index (χ0v) is 13.1. The third kappa shape index (κ3) is 4.33. The molecule has 0 unspecified atom stereocenters. The number of fused-ring (bicyclic) bond motifs is 1. The molecular formula is C17H20N4O2. The number of hydrogen-bond acceptors (Lipinski definition) is 4. The molecule has 1 aliphatic heterocycles.